The molecule has 198 valence electrons. The van der Waals surface area contributed by atoms with Crippen LogP contribution in [0.15, 0.2) is 58.4 Å². The van der Waals surface area contributed by atoms with Gasteiger partial charge in [-0.15, -0.1) is 0 Å². The largest absolute Gasteiger partial charge is 0.495 e. The maximum absolute atomic E-state index is 13.3. The normalized spacial score (nSPS) is 18.2. The van der Waals surface area contributed by atoms with Crippen LogP contribution in [0, 0.1) is 13.8 Å². The number of carbonyl (C=O) groups is 1. The maximum Gasteiger partial charge on any atom is 0.266 e. The first-order valence-corrected chi connectivity index (χ1v) is 14.3. The van der Waals surface area contributed by atoms with E-state index in [0.29, 0.717) is 21.6 Å². The molecule has 3 heterocycles. The molecule has 8 heteroatoms. The zero-order valence-electron chi connectivity index (χ0n) is 22.3. The zero-order chi connectivity index (χ0) is 26.8. The Balaban J connectivity index is 1.43. The van der Waals surface area contributed by atoms with Crippen LogP contribution in [-0.4, -0.2) is 47.3 Å². The fraction of sp³-hybridized carbons (Fsp3) is 0.333. The molecule has 0 N–H and O–H groups in total. The van der Waals surface area contributed by atoms with Gasteiger partial charge in [-0.05, 0) is 112 Å². The van der Waals surface area contributed by atoms with Gasteiger partial charge in [0.2, 0.25) is 0 Å². The van der Waals surface area contributed by atoms with E-state index in [9.17, 15) is 4.79 Å². The van der Waals surface area contributed by atoms with Gasteiger partial charge in [-0.25, -0.2) is 4.99 Å². The second-order valence-electron chi connectivity index (χ2n) is 9.60. The number of halogens is 1. The van der Waals surface area contributed by atoms with Crippen molar-refractivity contribution >= 4 is 51.9 Å². The third-order valence-corrected chi connectivity index (χ3v) is 8.38. The number of aliphatic imine (C=N–C) groups is 1. The van der Waals surface area contributed by atoms with E-state index in [0.717, 1.165) is 47.2 Å². The van der Waals surface area contributed by atoms with Crippen molar-refractivity contribution < 1.29 is 9.53 Å². The van der Waals surface area contributed by atoms with Crippen LogP contribution in [0.25, 0.3) is 11.8 Å². The van der Waals surface area contributed by atoms with Gasteiger partial charge >= 0.3 is 0 Å². The van der Waals surface area contributed by atoms with Crippen molar-refractivity contribution in [2.24, 2.45) is 4.99 Å². The molecule has 0 spiro atoms. The number of hydrogen-bond acceptors (Lipinski definition) is 5. The number of aromatic nitrogens is 1. The van der Waals surface area contributed by atoms with Gasteiger partial charge in [-0.2, -0.15) is 0 Å². The number of aryl methyl sites for hydroxylation is 1. The number of thioether (sulfide) groups is 1. The number of anilines is 1. The molecule has 0 atom stereocenters. The first kappa shape index (κ1) is 26.4. The number of methoxy groups -OCH3 is 1. The molecule has 1 aromatic heterocycles. The minimum absolute atomic E-state index is 0.0219. The van der Waals surface area contributed by atoms with Crippen LogP contribution in [0.3, 0.4) is 0 Å². The van der Waals surface area contributed by atoms with Crippen molar-refractivity contribution in [3.63, 3.8) is 0 Å². The Morgan fingerprint density at radius 3 is 2.47 bits per heavy atom. The van der Waals surface area contributed by atoms with E-state index in [2.05, 4.69) is 27.7 Å². The summed E-state index contributed by atoms with van der Waals surface area (Å²) in [6.07, 6.45) is 5.78. The number of amides is 1. The lowest BCUT2D eigenvalue weighted by atomic mass is 10.1. The zero-order valence-corrected chi connectivity index (χ0v) is 23.9. The van der Waals surface area contributed by atoms with Gasteiger partial charge < -0.3 is 14.2 Å². The van der Waals surface area contributed by atoms with Crippen molar-refractivity contribution in [1.82, 2.24) is 9.47 Å². The molecule has 6 nitrogen and oxygen atoms in total. The first-order chi connectivity index (χ1) is 18.4. The standard InChI is InChI=1S/C30H33ClN4O2S/c1-5-34-29(36)28(38-30(34)32-24-10-12-25(13-11-24)33-15-7-6-8-16-33)18-22-17-20(2)35(21(22)3)26-19-23(31)9-14-27(26)37-4/h9-14,17-19H,5-8,15-16H2,1-4H3/b28-18-,32-30?. The summed E-state index contributed by atoms with van der Waals surface area (Å²) in [7, 11) is 1.65. The van der Waals surface area contributed by atoms with Gasteiger partial charge in [-0.1, -0.05) is 11.6 Å². The van der Waals surface area contributed by atoms with Crippen molar-refractivity contribution in [3.8, 4) is 11.4 Å². The lowest BCUT2D eigenvalue weighted by molar-refractivity contribution is -0.122. The number of hydrogen-bond donors (Lipinski definition) is 0. The summed E-state index contributed by atoms with van der Waals surface area (Å²) in [6, 6.07) is 16.0. The van der Waals surface area contributed by atoms with Crippen LogP contribution in [-0.2, 0) is 4.79 Å². The average Bonchev–Trinajstić information content (AvgIpc) is 3.38. The Morgan fingerprint density at radius 1 is 1.05 bits per heavy atom. The molecular formula is C30H33ClN4O2S. The van der Waals surface area contributed by atoms with Gasteiger partial charge in [0.25, 0.3) is 5.91 Å². The highest BCUT2D eigenvalue weighted by atomic mass is 35.5. The number of amidine groups is 1. The minimum Gasteiger partial charge on any atom is -0.495 e. The molecule has 0 saturated carbocycles. The van der Waals surface area contributed by atoms with Gasteiger partial charge in [-0.3, -0.25) is 9.69 Å². The van der Waals surface area contributed by atoms with E-state index < -0.39 is 0 Å². The van der Waals surface area contributed by atoms with E-state index in [4.69, 9.17) is 21.3 Å². The molecule has 2 saturated heterocycles. The Hall–Kier alpha value is -3.16. The summed E-state index contributed by atoms with van der Waals surface area (Å²) in [4.78, 5) is 23.0. The minimum atomic E-state index is -0.0219. The molecule has 2 aliphatic heterocycles. The first-order valence-electron chi connectivity index (χ1n) is 13.1. The summed E-state index contributed by atoms with van der Waals surface area (Å²) < 4.78 is 7.70. The topological polar surface area (TPSA) is 50.1 Å². The fourth-order valence-corrected chi connectivity index (χ4v) is 6.37. The second-order valence-corrected chi connectivity index (χ2v) is 11.0. The molecule has 3 aromatic rings. The molecule has 5 rings (SSSR count). The highest BCUT2D eigenvalue weighted by Gasteiger charge is 2.32. The summed E-state index contributed by atoms with van der Waals surface area (Å²) in [6.45, 7) is 8.85. The van der Waals surface area contributed by atoms with E-state index in [1.807, 2.05) is 57.2 Å². The molecule has 2 aliphatic rings. The van der Waals surface area contributed by atoms with Gasteiger partial charge in [0.15, 0.2) is 5.17 Å². The fourth-order valence-electron chi connectivity index (χ4n) is 5.15. The molecule has 0 bridgehead atoms. The van der Waals surface area contributed by atoms with Crippen LogP contribution in [0.5, 0.6) is 5.75 Å². The Morgan fingerprint density at radius 2 is 1.79 bits per heavy atom. The highest BCUT2D eigenvalue weighted by Crippen LogP contribution is 2.37. The predicted octanol–water partition coefficient (Wildman–Crippen LogP) is 7.37. The number of benzene rings is 2. The Kier molecular flexibility index (Phi) is 7.86. The summed E-state index contributed by atoms with van der Waals surface area (Å²) >= 11 is 7.73. The van der Waals surface area contributed by atoms with Gasteiger partial charge in [0.1, 0.15) is 5.75 Å². The Labute approximate surface area is 233 Å². The van der Waals surface area contributed by atoms with E-state index in [-0.39, 0.29) is 5.91 Å². The molecule has 0 radical (unpaired) electrons. The number of ether oxygens (including phenoxy) is 1. The number of likely N-dealkylation sites (N-methyl/N-ethyl adjacent to an activating group) is 1. The van der Waals surface area contributed by atoms with Crippen LogP contribution < -0.4 is 9.64 Å². The molecule has 0 aliphatic carbocycles. The molecule has 2 fully saturated rings. The molecule has 38 heavy (non-hydrogen) atoms. The number of nitrogens with zero attached hydrogens (tertiary/aromatic N) is 4. The smallest absolute Gasteiger partial charge is 0.266 e. The highest BCUT2D eigenvalue weighted by molar-refractivity contribution is 8.18. The third kappa shape index (κ3) is 5.22. The maximum atomic E-state index is 13.3. The number of rotatable bonds is 6. The molecule has 1 amide bonds. The van der Waals surface area contributed by atoms with E-state index >= 15 is 0 Å². The van der Waals surface area contributed by atoms with Crippen LogP contribution in [0.1, 0.15) is 43.1 Å². The average molecular weight is 549 g/mol. The number of piperidine rings is 1. The summed E-state index contributed by atoms with van der Waals surface area (Å²) in [5.41, 5.74) is 5.97. The van der Waals surface area contributed by atoms with E-state index in [1.54, 1.807) is 12.0 Å². The number of carbonyl (C=O) groups excluding carboxylic acids is 1. The van der Waals surface area contributed by atoms with Crippen molar-refractivity contribution in [3.05, 3.63) is 75.4 Å². The monoisotopic (exact) mass is 548 g/mol. The van der Waals surface area contributed by atoms with Gasteiger partial charge in [0, 0.05) is 41.7 Å². The lowest BCUT2D eigenvalue weighted by Gasteiger charge is -2.28. The van der Waals surface area contributed by atoms with Crippen LogP contribution in [0.4, 0.5) is 11.4 Å². The van der Waals surface area contributed by atoms with Crippen molar-refractivity contribution in [1.29, 1.82) is 0 Å². The van der Waals surface area contributed by atoms with Crippen molar-refractivity contribution in [2.75, 3.05) is 31.6 Å². The lowest BCUT2D eigenvalue weighted by Crippen LogP contribution is -2.29. The summed E-state index contributed by atoms with van der Waals surface area (Å²) in [5.74, 6) is 0.714. The quantitative estimate of drug-likeness (QED) is 0.302. The van der Waals surface area contributed by atoms with E-state index in [1.165, 1.54) is 36.7 Å². The molecule has 0 unspecified atom stereocenters. The summed E-state index contributed by atoms with van der Waals surface area (Å²) in [5, 5.41) is 1.35. The van der Waals surface area contributed by atoms with Gasteiger partial charge in [0.05, 0.1) is 23.4 Å². The predicted molar refractivity (Wildman–Crippen MR) is 159 cm³/mol. The second kappa shape index (κ2) is 11.3. The third-order valence-electron chi connectivity index (χ3n) is 7.14. The van der Waals surface area contributed by atoms with Crippen molar-refractivity contribution in [2.45, 2.75) is 40.0 Å². The van der Waals surface area contributed by atoms with Crippen LogP contribution >= 0.6 is 23.4 Å². The molecular weight excluding hydrogens is 516 g/mol. The van der Waals surface area contributed by atoms with Crippen LogP contribution in [0.2, 0.25) is 5.02 Å². The SMILES string of the molecule is CCN1C(=O)/C(=C/c2cc(C)n(-c3cc(Cl)ccc3OC)c2C)SC1=Nc1ccc(N2CCCCC2)cc1. The molecule has 2 aromatic carbocycles. The Bertz CT molecular complexity index is 1400.